The number of ether oxygens (including phenoxy) is 2. The van der Waals surface area contributed by atoms with Gasteiger partial charge < -0.3 is 24.7 Å². The molecule has 0 aliphatic carbocycles. The van der Waals surface area contributed by atoms with Crippen molar-refractivity contribution in [3.05, 3.63) is 51.9 Å². The van der Waals surface area contributed by atoms with Crippen molar-refractivity contribution >= 4 is 17.5 Å². The van der Waals surface area contributed by atoms with E-state index in [4.69, 9.17) is 9.47 Å². The van der Waals surface area contributed by atoms with Gasteiger partial charge in [0.1, 0.15) is 12.2 Å². The lowest BCUT2D eigenvalue weighted by atomic mass is 10.2. The Morgan fingerprint density at radius 1 is 1.11 bits per heavy atom. The standard InChI is InChI=1S/C19H21N3O5/c1-3-17(23)21-14-6-4-12(2)22(19(14)25)10-18(24)20-9-13-5-7-15-16(8-13)27-11-26-15/h4-8H,3,9-11H2,1-2H3,(H,20,24)(H,21,23). The number of rotatable bonds is 6. The number of benzene rings is 1. The average molecular weight is 371 g/mol. The molecule has 1 aliphatic rings. The Kier molecular flexibility index (Phi) is 5.44. The number of amides is 2. The molecule has 142 valence electrons. The number of anilines is 1. The fraction of sp³-hybridized carbons (Fsp3) is 0.316. The molecule has 0 atom stereocenters. The summed E-state index contributed by atoms with van der Waals surface area (Å²) in [5, 5.41) is 5.33. The summed E-state index contributed by atoms with van der Waals surface area (Å²) < 4.78 is 11.9. The van der Waals surface area contributed by atoms with E-state index < -0.39 is 5.56 Å². The highest BCUT2D eigenvalue weighted by Gasteiger charge is 2.14. The van der Waals surface area contributed by atoms with Crippen LogP contribution < -0.4 is 25.7 Å². The van der Waals surface area contributed by atoms with Crippen LogP contribution in [0, 0.1) is 6.92 Å². The summed E-state index contributed by atoms with van der Waals surface area (Å²) in [6.45, 7) is 3.79. The van der Waals surface area contributed by atoms with Crippen LogP contribution in [-0.2, 0) is 22.7 Å². The van der Waals surface area contributed by atoms with Crippen LogP contribution in [0.15, 0.2) is 35.1 Å². The molecule has 2 aromatic rings. The summed E-state index contributed by atoms with van der Waals surface area (Å²) in [4.78, 5) is 36.4. The zero-order chi connectivity index (χ0) is 19.4. The van der Waals surface area contributed by atoms with Gasteiger partial charge in [0.25, 0.3) is 5.56 Å². The molecule has 0 bridgehead atoms. The van der Waals surface area contributed by atoms with E-state index >= 15 is 0 Å². The van der Waals surface area contributed by atoms with E-state index in [1.54, 1.807) is 38.1 Å². The molecule has 0 unspecified atom stereocenters. The van der Waals surface area contributed by atoms with E-state index in [-0.39, 0.29) is 37.3 Å². The van der Waals surface area contributed by atoms with Crippen LogP contribution >= 0.6 is 0 Å². The molecular formula is C19H21N3O5. The highest BCUT2D eigenvalue weighted by atomic mass is 16.7. The lowest BCUT2D eigenvalue weighted by Gasteiger charge is -2.13. The summed E-state index contributed by atoms with van der Waals surface area (Å²) in [7, 11) is 0. The SMILES string of the molecule is CCC(=O)Nc1ccc(C)n(CC(=O)NCc2ccc3c(c2)OCO3)c1=O. The topological polar surface area (TPSA) is 98.7 Å². The van der Waals surface area contributed by atoms with E-state index in [9.17, 15) is 14.4 Å². The lowest BCUT2D eigenvalue weighted by Crippen LogP contribution is -2.34. The van der Waals surface area contributed by atoms with Gasteiger partial charge in [0.05, 0.1) is 0 Å². The third-order valence-corrected chi connectivity index (χ3v) is 4.22. The fourth-order valence-corrected chi connectivity index (χ4v) is 2.65. The molecule has 2 amide bonds. The molecule has 2 N–H and O–H groups in total. The Hall–Kier alpha value is -3.29. The number of aryl methyl sites for hydroxylation is 1. The summed E-state index contributed by atoms with van der Waals surface area (Å²) in [5.41, 5.74) is 1.25. The zero-order valence-electron chi connectivity index (χ0n) is 15.2. The van der Waals surface area contributed by atoms with Crippen LogP contribution in [0.1, 0.15) is 24.6 Å². The Morgan fingerprint density at radius 3 is 2.67 bits per heavy atom. The molecule has 1 aromatic carbocycles. The number of hydrogen-bond donors (Lipinski definition) is 2. The Bertz CT molecular complexity index is 935. The van der Waals surface area contributed by atoms with Crippen molar-refractivity contribution in [3.8, 4) is 11.5 Å². The monoisotopic (exact) mass is 371 g/mol. The lowest BCUT2D eigenvalue weighted by molar-refractivity contribution is -0.122. The molecule has 3 rings (SSSR count). The average Bonchev–Trinajstić information content (AvgIpc) is 3.13. The van der Waals surface area contributed by atoms with E-state index in [0.717, 1.165) is 5.56 Å². The molecular weight excluding hydrogens is 350 g/mol. The van der Waals surface area contributed by atoms with Gasteiger partial charge in [0, 0.05) is 18.7 Å². The first-order chi connectivity index (χ1) is 13.0. The first-order valence-electron chi connectivity index (χ1n) is 8.63. The van der Waals surface area contributed by atoms with Gasteiger partial charge in [0.15, 0.2) is 11.5 Å². The van der Waals surface area contributed by atoms with Crippen LogP contribution in [-0.4, -0.2) is 23.2 Å². The smallest absolute Gasteiger partial charge is 0.274 e. The summed E-state index contributed by atoms with van der Waals surface area (Å²) in [6.07, 6.45) is 0.267. The van der Waals surface area contributed by atoms with E-state index in [1.165, 1.54) is 4.57 Å². The molecule has 1 aliphatic heterocycles. The first-order valence-corrected chi connectivity index (χ1v) is 8.63. The number of pyridine rings is 1. The molecule has 0 fully saturated rings. The van der Waals surface area contributed by atoms with Crippen LogP contribution in [0.5, 0.6) is 11.5 Å². The van der Waals surface area contributed by atoms with Gasteiger partial charge in [-0.25, -0.2) is 0 Å². The van der Waals surface area contributed by atoms with E-state index in [2.05, 4.69) is 10.6 Å². The van der Waals surface area contributed by atoms with Crippen molar-refractivity contribution in [2.45, 2.75) is 33.4 Å². The van der Waals surface area contributed by atoms with Crippen molar-refractivity contribution < 1.29 is 19.1 Å². The van der Waals surface area contributed by atoms with Gasteiger partial charge in [-0.3, -0.25) is 14.4 Å². The minimum atomic E-state index is -0.407. The van der Waals surface area contributed by atoms with Crippen molar-refractivity contribution in [1.82, 2.24) is 9.88 Å². The Morgan fingerprint density at radius 2 is 1.89 bits per heavy atom. The second kappa shape index (κ2) is 7.94. The molecule has 1 aromatic heterocycles. The van der Waals surface area contributed by atoms with Gasteiger partial charge in [0.2, 0.25) is 18.6 Å². The second-order valence-corrected chi connectivity index (χ2v) is 6.15. The highest BCUT2D eigenvalue weighted by Crippen LogP contribution is 2.32. The number of aromatic nitrogens is 1. The Labute approximate surface area is 156 Å². The van der Waals surface area contributed by atoms with Gasteiger partial charge in [-0.15, -0.1) is 0 Å². The molecule has 0 saturated heterocycles. The Balaban J connectivity index is 1.66. The van der Waals surface area contributed by atoms with Crippen molar-refractivity contribution in [3.63, 3.8) is 0 Å². The molecule has 2 heterocycles. The van der Waals surface area contributed by atoms with E-state index in [0.29, 0.717) is 23.7 Å². The zero-order valence-corrected chi connectivity index (χ0v) is 15.2. The van der Waals surface area contributed by atoms with Crippen molar-refractivity contribution in [2.24, 2.45) is 0 Å². The minimum absolute atomic E-state index is 0.134. The third kappa shape index (κ3) is 4.28. The van der Waals surface area contributed by atoms with Crippen LogP contribution in [0.3, 0.4) is 0 Å². The summed E-state index contributed by atoms with van der Waals surface area (Å²) in [5.74, 6) is 0.762. The highest BCUT2D eigenvalue weighted by molar-refractivity contribution is 5.90. The van der Waals surface area contributed by atoms with Crippen LogP contribution in [0.25, 0.3) is 0 Å². The normalized spacial score (nSPS) is 11.9. The largest absolute Gasteiger partial charge is 0.454 e. The number of carbonyl (C=O) groups is 2. The first kappa shape index (κ1) is 18.5. The van der Waals surface area contributed by atoms with E-state index in [1.807, 2.05) is 6.07 Å². The minimum Gasteiger partial charge on any atom is -0.454 e. The number of hydrogen-bond acceptors (Lipinski definition) is 5. The number of nitrogens with zero attached hydrogens (tertiary/aromatic N) is 1. The predicted octanol–water partition coefficient (Wildman–Crippen LogP) is 1.55. The predicted molar refractivity (Wildman–Crippen MR) is 98.8 cm³/mol. The number of fused-ring (bicyclic) bond motifs is 1. The second-order valence-electron chi connectivity index (χ2n) is 6.15. The van der Waals surface area contributed by atoms with Crippen molar-refractivity contribution in [2.75, 3.05) is 12.1 Å². The number of carbonyl (C=O) groups excluding carboxylic acids is 2. The van der Waals surface area contributed by atoms with Crippen LogP contribution in [0.2, 0.25) is 0 Å². The van der Waals surface area contributed by atoms with Gasteiger partial charge in [-0.05, 0) is 36.8 Å². The van der Waals surface area contributed by atoms with Gasteiger partial charge >= 0.3 is 0 Å². The molecule has 0 radical (unpaired) electrons. The van der Waals surface area contributed by atoms with Gasteiger partial charge in [-0.2, -0.15) is 0 Å². The maximum atomic E-state index is 12.5. The third-order valence-electron chi connectivity index (χ3n) is 4.22. The molecule has 8 nitrogen and oxygen atoms in total. The molecule has 0 spiro atoms. The number of nitrogens with one attached hydrogen (secondary N) is 2. The van der Waals surface area contributed by atoms with Crippen molar-refractivity contribution in [1.29, 1.82) is 0 Å². The summed E-state index contributed by atoms with van der Waals surface area (Å²) >= 11 is 0. The van der Waals surface area contributed by atoms with Crippen LogP contribution in [0.4, 0.5) is 5.69 Å². The summed E-state index contributed by atoms with van der Waals surface area (Å²) in [6, 6.07) is 8.68. The maximum Gasteiger partial charge on any atom is 0.274 e. The maximum absolute atomic E-state index is 12.5. The molecule has 0 saturated carbocycles. The van der Waals surface area contributed by atoms with Gasteiger partial charge in [-0.1, -0.05) is 13.0 Å². The fourth-order valence-electron chi connectivity index (χ4n) is 2.65. The molecule has 27 heavy (non-hydrogen) atoms. The molecule has 8 heteroatoms. The quantitative estimate of drug-likeness (QED) is 0.803.